The molecule has 2 heterocycles. The first-order valence-corrected chi connectivity index (χ1v) is 5.79. The van der Waals surface area contributed by atoms with Crippen LogP contribution in [0.4, 0.5) is 0 Å². The highest BCUT2D eigenvalue weighted by Gasteiger charge is 2.14. The minimum absolute atomic E-state index is 0.164. The summed E-state index contributed by atoms with van der Waals surface area (Å²) in [5, 5.41) is 0.952. The second-order valence-electron chi connectivity index (χ2n) is 4.25. The first-order valence-electron chi connectivity index (χ1n) is 5.79. The maximum atomic E-state index is 11.3. The summed E-state index contributed by atoms with van der Waals surface area (Å²) in [7, 11) is 0. The Morgan fingerprint density at radius 1 is 1.41 bits per heavy atom. The fraction of sp³-hybridized carbons (Fsp3) is 0.308. The van der Waals surface area contributed by atoms with Crippen molar-refractivity contribution in [1.29, 1.82) is 0 Å². The van der Waals surface area contributed by atoms with Gasteiger partial charge in [0.25, 0.3) is 0 Å². The molecule has 1 aliphatic rings. The van der Waals surface area contributed by atoms with Crippen molar-refractivity contribution < 1.29 is 4.79 Å². The summed E-state index contributed by atoms with van der Waals surface area (Å²) in [6, 6.07) is 7.84. The van der Waals surface area contributed by atoms with E-state index in [1.165, 1.54) is 6.92 Å². The van der Waals surface area contributed by atoms with Gasteiger partial charge in [-0.15, -0.1) is 0 Å². The molecule has 3 rings (SSSR count). The SMILES string of the molecule is CC(=O)N=c1c2ccccc2nc2n1CCC2. The van der Waals surface area contributed by atoms with Crippen LogP contribution >= 0.6 is 0 Å². The zero-order valence-corrected chi connectivity index (χ0v) is 9.68. The topological polar surface area (TPSA) is 47.2 Å². The Hall–Kier alpha value is -1.97. The van der Waals surface area contributed by atoms with E-state index in [2.05, 4.69) is 14.5 Å². The third-order valence-electron chi connectivity index (χ3n) is 3.01. The number of aromatic nitrogens is 2. The summed E-state index contributed by atoms with van der Waals surface area (Å²) in [6.45, 7) is 2.39. The molecule has 1 amide bonds. The van der Waals surface area contributed by atoms with Crippen LogP contribution < -0.4 is 5.49 Å². The first kappa shape index (κ1) is 10.2. The molecular formula is C13H13N3O. The van der Waals surface area contributed by atoms with E-state index in [1.807, 2.05) is 24.3 Å². The van der Waals surface area contributed by atoms with Crippen LogP contribution in [0.2, 0.25) is 0 Å². The molecule has 0 atom stereocenters. The summed E-state index contributed by atoms with van der Waals surface area (Å²) in [5.41, 5.74) is 1.68. The van der Waals surface area contributed by atoms with Gasteiger partial charge in [-0.2, -0.15) is 4.99 Å². The second kappa shape index (κ2) is 3.80. The van der Waals surface area contributed by atoms with E-state index >= 15 is 0 Å². The van der Waals surface area contributed by atoms with E-state index in [4.69, 9.17) is 0 Å². The lowest BCUT2D eigenvalue weighted by Gasteiger charge is -2.07. The number of fused-ring (bicyclic) bond motifs is 2. The molecule has 0 aliphatic carbocycles. The van der Waals surface area contributed by atoms with Crippen molar-refractivity contribution >= 4 is 16.8 Å². The molecule has 2 aromatic rings. The lowest BCUT2D eigenvalue weighted by atomic mass is 10.2. The molecule has 1 aromatic heterocycles. The third-order valence-corrected chi connectivity index (χ3v) is 3.01. The molecule has 1 aromatic carbocycles. The van der Waals surface area contributed by atoms with Gasteiger partial charge in [0, 0.05) is 25.3 Å². The monoisotopic (exact) mass is 227 g/mol. The Morgan fingerprint density at radius 2 is 2.24 bits per heavy atom. The van der Waals surface area contributed by atoms with Gasteiger partial charge in [-0.25, -0.2) is 4.98 Å². The standard InChI is InChI=1S/C13H13N3O/c1-9(17)14-13-10-5-2-3-6-11(10)15-12-7-4-8-16(12)13/h2-3,5-6H,4,7-8H2,1H3. The van der Waals surface area contributed by atoms with Gasteiger partial charge in [0.05, 0.1) is 5.52 Å². The highest BCUT2D eigenvalue weighted by Crippen LogP contribution is 2.14. The third kappa shape index (κ3) is 1.65. The van der Waals surface area contributed by atoms with Crippen LogP contribution in [-0.2, 0) is 17.8 Å². The number of para-hydroxylation sites is 1. The fourth-order valence-corrected chi connectivity index (χ4v) is 2.32. The van der Waals surface area contributed by atoms with Crippen molar-refractivity contribution in [3.8, 4) is 0 Å². The predicted octanol–water partition coefficient (Wildman–Crippen LogP) is 1.43. The van der Waals surface area contributed by atoms with Crippen LogP contribution in [0.15, 0.2) is 29.3 Å². The molecule has 0 spiro atoms. The average Bonchev–Trinajstić information content (AvgIpc) is 2.76. The summed E-state index contributed by atoms with van der Waals surface area (Å²) < 4.78 is 2.06. The number of carbonyl (C=O) groups is 1. The normalized spacial score (nSPS) is 15.2. The Labute approximate surface area is 98.6 Å². The molecule has 4 nitrogen and oxygen atoms in total. The summed E-state index contributed by atoms with van der Waals surface area (Å²) >= 11 is 0. The van der Waals surface area contributed by atoms with Crippen molar-refractivity contribution in [2.75, 3.05) is 0 Å². The average molecular weight is 227 g/mol. The second-order valence-corrected chi connectivity index (χ2v) is 4.25. The van der Waals surface area contributed by atoms with Crippen LogP contribution in [0.5, 0.6) is 0 Å². The Kier molecular flexibility index (Phi) is 2.28. The Balaban J connectivity index is 2.48. The molecule has 1 aliphatic heterocycles. The molecule has 0 saturated heterocycles. The van der Waals surface area contributed by atoms with E-state index in [9.17, 15) is 4.79 Å². The van der Waals surface area contributed by atoms with Crippen LogP contribution in [-0.4, -0.2) is 15.5 Å². The quantitative estimate of drug-likeness (QED) is 0.683. The smallest absolute Gasteiger partial charge is 0.244 e. The number of benzene rings is 1. The van der Waals surface area contributed by atoms with Gasteiger partial charge in [0.1, 0.15) is 11.3 Å². The molecule has 17 heavy (non-hydrogen) atoms. The Bertz CT molecular complexity index is 670. The molecule has 4 heteroatoms. The summed E-state index contributed by atoms with van der Waals surface area (Å²) in [6.07, 6.45) is 2.04. The van der Waals surface area contributed by atoms with E-state index in [-0.39, 0.29) is 5.91 Å². The molecule has 0 saturated carbocycles. The van der Waals surface area contributed by atoms with Crippen LogP contribution in [0.25, 0.3) is 10.9 Å². The number of carbonyl (C=O) groups excluding carboxylic acids is 1. The zero-order valence-electron chi connectivity index (χ0n) is 9.68. The van der Waals surface area contributed by atoms with Crippen molar-refractivity contribution in [1.82, 2.24) is 9.55 Å². The zero-order chi connectivity index (χ0) is 11.8. The molecule has 0 radical (unpaired) electrons. The number of rotatable bonds is 0. The van der Waals surface area contributed by atoms with E-state index in [0.717, 1.165) is 41.6 Å². The van der Waals surface area contributed by atoms with Gasteiger partial charge in [-0.1, -0.05) is 12.1 Å². The molecule has 0 unspecified atom stereocenters. The maximum absolute atomic E-state index is 11.3. The highest BCUT2D eigenvalue weighted by atomic mass is 16.1. The lowest BCUT2D eigenvalue weighted by molar-refractivity contribution is -0.116. The van der Waals surface area contributed by atoms with Gasteiger partial charge < -0.3 is 4.57 Å². The number of nitrogens with zero attached hydrogens (tertiary/aromatic N) is 3. The lowest BCUT2D eigenvalue weighted by Crippen LogP contribution is -2.23. The predicted molar refractivity (Wildman–Crippen MR) is 64.3 cm³/mol. The van der Waals surface area contributed by atoms with Gasteiger partial charge in [-0.05, 0) is 18.6 Å². The summed E-state index contributed by atoms with van der Waals surface area (Å²) in [5.74, 6) is 0.867. The highest BCUT2D eigenvalue weighted by molar-refractivity contribution is 5.80. The summed E-state index contributed by atoms with van der Waals surface area (Å²) in [4.78, 5) is 20.0. The van der Waals surface area contributed by atoms with Crippen molar-refractivity contribution in [3.05, 3.63) is 35.6 Å². The van der Waals surface area contributed by atoms with Crippen LogP contribution in [0.1, 0.15) is 19.2 Å². The largest absolute Gasteiger partial charge is 0.314 e. The molecule has 0 fully saturated rings. The van der Waals surface area contributed by atoms with Crippen molar-refractivity contribution in [2.45, 2.75) is 26.3 Å². The van der Waals surface area contributed by atoms with E-state index < -0.39 is 0 Å². The maximum Gasteiger partial charge on any atom is 0.244 e. The van der Waals surface area contributed by atoms with Crippen molar-refractivity contribution in [2.24, 2.45) is 4.99 Å². The van der Waals surface area contributed by atoms with Crippen molar-refractivity contribution in [3.63, 3.8) is 0 Å². The Morgan fingerprint density at radius 3 is 3.06 bits per heavy atom. The number of hydrogen-bond donors (Lipinski definition) is 0. The van der Waals surface area contributed by atoms with Gasteiger partial charge in [-0.3, -0.25) is 4.79 Å². The van der Waals surface area contributed by atoms with E-state index in [1.54, 1.807) is 0 Å². The van der Waals surface area contributed by atoms with Gasteiger partial charge in [0.15, 0.2) is 0 Å². The number of amides is 1. The van der Waals surface area contributed by atoms with Gasteiger partial charge >= 0.3 is 0 Å². The molecule has 0 bridgehead atoms. The van der Waals surface area contributed by atoms with E-state index in [0.29, 0.717) is 0 Å². The van der Waals surface area contributed by atoms with Crippen LogP contribution in [0, 0.1) is 0 Å². The minimum atomic E-state index is -0.164. The first-order chi connectivity index (χ1) is 8.25. The molecule has 86 valence electrons. The minimum Gasteiger partial charge on any atom is -0.314 e. The number of hydrogen-bond acceptors (Lipinski definition) is 2. The van der Waals surface area contributed by atoms with Gasteiger partial charge in [0.2, 0.25) is 5.91 Å². The number of aryl methyl sites for hydroxylation is 1. The van der Waals surface area contributed by atoms with Crippen LogP contribution in [0.3, 0.4) is 0 Å². The molecule has 0 N–H and O–H groups in total. The fourth-order valence-electron chi connectivity index (χ4n) is 2.32. The molecular weight excluding hydrogens is 214 g/mol.